The number of nitrogens with one attached hydrogen (secondary N) is 1. The number of hydrogen-bond donors (Lipinski definition) is 2. The highest BCUT2D eigenvalue weighted by atomic mass is 16.5. The molecule has 0 aliphatic carbocycles. The van der Waals surface area contributed by atoms with Crippen LogP contribution >= 0.6 is 0 Å². The van der Waals surface area contributed by atoms with Gasteiger partial charge in [0.05, 0.1) is 0 Å². The molecule has 0 aromatic heterocycles. The summed E-state index contributed by atoms with van der Waals surface area (Å²) in [5.41, 5.74) is 2.33. The maximum Gasteiger partial charge on any atom is 0.329 e. The molecule has 0 spiro atoms. The molecule has 0 saturated heterocycles. The molecule has 1 aromatic carbocycles. The molecule has 1 rings (SSSR count). The van der Waals surface area contributed by atoms with Crippen LogP contribution in [0.5, 0.6) is 5.75 Å². The molecule has 20 heavy (non-hydrogen) atoms. The van der Waals surface area contributed by atoms with Crippen molar-refractivity contribution in [2.75, 3.05) is 6.61 Å². The molecule has 1 atom stereocenters. The lowest BCUT2D eigenvalue weighted by Gasteiger charge is -2.16. The van der Waals surface area contributed by atoms with Crippen LogP contribution < -0.4 is 10.1 Å². The summed E-state index contributed by atoms with van der Waals surface area (Å²) >= 11 is 0. The zero-order valence-corrected chi connectivity index (χ0v) is 12.3. The molecule has 1 unspecified atom stereocenters. The second-order valence-corrected chi connectivity index (χ2v) is 5.08. The molecular weight excluding hydrogens is 258 g/mol. The van der Waals surface area contributed by atoms with Gasteiger partial charge in [-0.05, 0) is 36.1 Å². The van der Waals surface area contributed by atoms with Gasteiger partial charge in [-0.3, -0.25) is 4.79 Å². The number of rotatable bonds is 6. The summed E-state index contributed by atoms with van der Waals surface area (Å²) in [6, 6.07) is 4.62. The number of amides is 1. The van der Waals surface area contributed by atoms with Gasteiger partial charge in [-0.2, -0.15) is 0 Å². The largest absolute Gasteiger partial charge is 0.491 e. The smallest absolute Gasteiger partial charge is 0.329 e. The van der Waals surface area contributed by atoms with E-state index in [-0.39, 0.29) is 6.61 Å². The minimum absolute atomic E-state index is 0.102. The first-order valence-corrected chi connectivity index (χ1v) is 6.54. The Morgan fingerprint density at radius 2 is 2.00 bits per heavy atom. The van der Waals surface area contributed by atoms with Crippen molar-refractivity contribution in [3.8, 4) is 5.75 Å². The van der Waals surface area contributed by atoms with Gasteiger partial charge in [0.1, 0.15) is 12.4 Å². The normalized spacial score (nSPS) is 12.1. The quantitative estimate of drug-likeness (QED) is 0.836. The standard InChI is InChI=1S/C15H21NO4/c1-9(2)13-6-5-12(7-10(13)3)20-8-14(15(18)19)16-11(4)17/h5-7,9,14H,8H2,1-4H3,(H,16,17)(H,18,19). The lowest BCUT2D eigenvalue weighted by molar-refractivity contribution is -0.142. The highest BCUT2D eigenvalue weighted by molar-refractivity contribution is 5.82. The summed E-state index contributed by atoms with van der Waals surface area (Å²) < 4.78 is 5.45. The molecule has 0 fully saturated rings. The second kappa shape index (κ2) is 6.93. The summed E-state index contributed by atoms with van der Waals surface area (Å²) in [6.45, 7) is 7.39. The number of carbonyl (C=O) groups excluding carboxylic acids is 1. The first-order chi connectivity index (χ1) is 9.31. The van der Waals surface area contributed by atoms with E-state index in [4.69, 9.17) is 9.84 Å². The molecule has 0 aliphatic heterocycles. The number of aliphatic carboxylic acids is 1. The molecule has 0 aliphatic rings. The fourth-order valence-electron chi connectivity index (χ4n) is 1.99. The van der Waals surface area contributed by atoms with Gasteiger partial charge in [-0.15, -0.1) is 0 Å². The van der Waals surface area contributed by atoms with Crippen LogP contribution in [-0.4, -0.2) is 29.6 Å². The van der Waals surface area contributed by atoms with Crippen LogP contribution in [0, 0.1) is 6.92 Å². The lowest BCUT2D eigenvalue weighted by Crippen LogP contribution is -2.43. The predicted octanol–water partition coefficient (Wildman–Crippen LogP) is 2.09. The third-order valence-corrected chi connectivity index (χ3v) is 2.96. The number of benzene rings is 1. The zero-order chi connectivity index (χ0) is 15.3. The zero-order valence-electron chi connectivity index (χ0n) is 12.3. The van der Waals surface area contributed by atoms with Crippen LogP contribution in [0.4, 0.5) is 0 Å². The molecule has 0 radical (unpaired) electrons. The Morgan fingerprint density at radius 3 is 2.45 bits per heavy atom. The van der Waals surface area contributed by atoms with Crippen molar-refractivity contribution in [2.45, 2.75) is 39.7 Å². The van der Waals surface area contributed by atoms with Crippen molar-refractivity contribution in [2.24, 2.45) is 0 Å². The maximum absolute atomic E-state index is 11.0. The van der Waals surface area contributed by atoms with E-state index in [0.29, 0.717) is 11.7 Å². The van der Waals surface area contributed by atoms with Gasteiger partial charge in [0.15, 0.2) is 6.04 Å². The molecule has 1 amide bonds. The average Bonchev–Trinajstić information content (AvgIpc) is 2.33. The van der Waals surface area contributed by atoms with Crippen molar-refractivity contribution >= 4 is 11.9 Å². The topological polar surface area (TPSA) is 75.6 Å². The number of hydrogen-bond acceptors (Lipinski definition) is 3. The monoisotopic (exact) mass is 279 g/mol. The molecule has 0 saturated carbocycles. The summed E-state index contributed by atoms with van der Waals surface area (Å²) in [5.74, 6) is -0.484. The fourth-order valence-corrected chi connectivity index (χ4v) is 1.99. The SMILES string of the molecule is CC(=O)NC(COc1ccc(C(C)C)c(C)c1)C(=O)O. The van der Waals surface area contributed by atoms with Gasteiger partial charge in [-0.25, -0.2) is 4.79 Å². The Bertz CT molecular complexity index is 497. The Hall–Kier alpha value is -2.04. The van der Waals surface area contributed by atoms with Gasteiger partial charge < -0.3 is 15.2 Å². The number of aryl methyl sites for hydroxylation is 1. The van der Waals surface area contributed by atoms with Crippen molar-refractivity contribution in [3.63, 3.8) is 0 Å². The molecule has 1 aromatic rings. The van der Waals surface area contributed by atoms with Crippen molar-refractivity contribution in [3.05, 3.63) is 29.3 Å². The lowest BCUT2D eigenvalue weighted by atomic mass is 9.98. The minimum atomic E-state index is -1.12. The second-order valence-electron chi connectivity index (χ2n) is 5.08. The first-order valence-electron chi connectivity index (χ1n) is 6.54. The van der Waals surface area contributed by atoms with Gasteiger partial charge in [0, 0.05) is 6.92 Å². The summed E-state index contributed by atoms with van der Waals surface area (Å²) in [4.78, 5) is 21.9. The summed E-state index contributed by atoms with van der Waals surface area (Å²) in [5, 5.41) is 11.3. The average molecular weight is 279 g/mol. The molecule has 0 heterocycles. The van der Waals surface area contributed by atoms with E-state index in [9.17, 15) is 9.59 Å². The minimum Gasteiger partial charge on any atom is -0.491 e. The number of ether oxygens (including phenoxy) is 1. The number of carboxylic acid groups (broad SMARTS) is 1. The molecule has 5 nitrogen and oxygen atoms in total. The van der Waals surface area contributed by atoms with E-state index in [1.165, 1.54) is 12.5 Å². The summed E-state index contributed by atoms with van der Waals surface area (Å²) in [6.07, 6.45) is 0. The van der Waals surface area contributed by atoms with Crippen molar-refractivity contribution < 1.29 is 19.4 Å². The Morgan fingerprint density at radius 1 is 1.35 bits per heavy atom. The van der Waals surface area contributed by atoms with Crippen LogP contribution in [0.3, 0.4) is 0 Å². The maximum atomic E-state index is 11.0. The van der Waals surface area contributed by atoms with E-state index >= 15 is 0 Å². The van der Waals surface area contributed by atoms with Gasteiger partial charge in [0.25, 0.3) is 0 Å². The molecule has 0 bridgehead atoms. The number of carboxylic acids is 1. The van der Waals surface area contributed by atoms with E-state index in [2.05, 4.69) is 19.2 Å². The van der Waals surface area contributed by atoms with Crippen LogP contribution in [0.15, 0.2) is 18.2 Å². The highest BCUT2D eigenvalue weighted by Gasteiger charge is 2.19. The Kier molecular flexibility index (Phi) is 5.55. The van der Waals surface area contributed by atoms with Gasteiger partial charge >= 0.3 is 5.97 Å². The number of carbonyl (C=O) groups is 2. The van der Waals surface area contributed by atoms with E-state index in [0.717, 1.165) is 5.56 Å². The Labute approximate surface area is 118 Å². The molecule has 5 heteroatoms. The molecular formula is C15H21NO4. The van der Waals surface area contributed by atoms with Gasteiger partial charge in [0.2, 0.25) is 5.91 Å². The third-order valence-electron chi connectivity index (χ3n) is 2.96. The van der Waals surface area contributed by atoms with Gasteiger partial charge in [-0.1, -0.05) is 19.9 Å². The van der Waals surface area contributed by atoms with Crippen molar-refractivity contribution in [1.29, 1.82) is 0 Å². The Balaban J connectivity index is 2.71. The van der Waals surface area contributed by atoms with Crippen LogP contribution in [0.1, 0.15) is 37.8 Å². The van der Waals surface area contributed by atoms with Crippen LogP contribution in [-0.2, 0) is 9.59 Å². The van der Waals surface area contributed by atoms with Crippen LogP contribution in [0.25, 0.3) is 0 Å². The summed E-state index contributed by atoms with van der Waals surface area (Å²) in [7, 11) is 0. The van der Waals surface area contributed by atoms with E-state index in [1.54, 1.807) is 0 Å². The molecule has 110 valence electrons. The van der Waals surface area contributed by atoms with Crippen molar-refractivity contribution in [1.82, 2.24) is 5.32 Å². The van der Waals surface area contributed by atoms with E-state index < -0.39 is 17.9 Å². The van der Waals surface area contributed by atoms with E-state index in [1.807, 2.05) is 25.1 Å². The fraction of sp³-hybridized carbons (Fsp3) is 0.467. The predicted molar refractivity (Wildman–Crippen MR) is 76.0 cm³/mol. The molecule has 2 N–H and O–H groups in total. The highest BCUT2D eigenvalue weighted by Crippen LogP contribution is 2.23. The van der Waals surface area contributed by atoms with Crippen LogP contribution in [0.2, 0.25) is 0 Å². The first kappa shape index (κ1) is 16.0. The third kappa shape index (κ3) is 4.57.